The average molecular weight is 331 g/mol. The SMILES string of the molecule is CCN(CC)CCNC(=O)Cc1cc(-c2cccc(OC)c2)on1. The summed E-state index contributed by atoms with van der Waals surface area (Å²) in [5.74, 6) is 1.33. The van der Waals surface area contributed by atoms with Crippen molar-refractivity contribution in [2.24, 2.45) is 0 Å². The fourth-order valence-corrected chi connectivity index (χ4v) is 2.43. The van der Waals surface area contributed by atoms with Crippen molar-refractivity contribution < 1.29 is 14.1 Å². The highest BCUT2D eigenvalue weighted by Gasteiger charge is 2.11. The Morgan fingerprint density at radius 3 is 2.79 bits per heavy atom. The van der Waals surface area contributed by atoms with Crippen molar-refractivity contribution >= 4 is 5.91 Å². The number of nitrogens with one attached hydrogen (secondary N) is 1. The van der Waals surface area contributed by atoms with E-state index in [1.165, 1.54) is 0 Å². The van der Waals surface area contributed by atoms with E-state index in [2.05, 4.69) is 29.2 Å². The molecule has 1 aromatic heterocycles. The molecule has 0 aliphatic rings. The van der Waals surface area contributed by atoms with E-state index < -0.39 is 0 Å². The Morgan fingerprint density at radius 1 is 1.29 bits per heavy atom. The van der Waals surface area contributed by atoms with Gasteiger partial charge >= 0.3 is 0 Å². The van der Waals surface area contributed by atoms with Crippen molar-refractivity contribution in [2.75, 3.05) is 33.3 Å². The molecule has 6 nitrogen and oxygen atoms in total. The molecule has 1 amide bonds. The van der Waals surface area contributed by atoms with Crippen LogP contribution in [0, 0.1) is 0 Å². The fraction of sp³-hybridized carbons (Fsp3) is 0.444. The van der Waals surface area contributed by atoms with Crippen molar-refractivity contribution in [3.8, 4) is 17.1 Å². The zero-order valence-electron chi connectivity index (χ0n) is 14.5. The van der Waals surface area contributed by atoms with Crippen LogP contribution in [0.3, 0.4) is 0 Å². The van der Waals surface area contributed by atoms with Crippen molar-refractivity contribution in [1.82, 2.24) is 15.4 Å². The van der Waals surface area contributed by atoms with Crippen LogP contribution in [0.1, 0.15) is 19.5 Å². The van der Waals surface area contributed by atoms with E-state index in [4.69, 9.17) is 9.26 Å². The summed E-state index contributed by atoms with van der Waals surface area (Å²) in [5, 5.41) is 6.89. The standard InChI is InChI=1S/C18H25N3O3/c1-4-21(5-2)10-9-19-18(22)13-15-12-17(24-20-15)14-7-6-8-16(11-14)23-3/h6-8,11-12H,4-5,9-10,13H2,1-3H3,(H,19,22). The van der Waals surface area contributed by atoms with Crippen LogP contribution in [-0.2, 0) is 11.2 Å². The third kappa shape index (κ3) is 5.09. The minimum absolute atomic E-state index is 0.0485. The van der Waals surface area contributed by atoms with Gasteiger partial charge in [-0.3, -0.25) is 4.79 Å². The molecule has 0 fully saturated rings. The lowest BCUT2D eigenvalue weighted by atomic mass is 10.1. The van der Waals surface area contributed by atoms with Gasteiger partial charge in [0.15, 0.2) is 5.76 Å². The largest absolute Gasteiger partial charge is 0.497 e. The zero-order valence-corrected chi connectivity index (χ0v) is 14.5. The number of methoxy groups -OCH3 is 1. The predicted octanol–water partition coefficient (Wildman–Crippen LogP) is 2.35. The molecule has 1 N–H and O–H groups in total. The summed E-state index contributed by atoms with van der Waals surface area (Å²) in [6.07, 6.45) is 0.214. The summed E-state index contributed by atoms with van der Waals surface area (Å²) in [7, 11) is 1.62. The molecule has 130 valence electrons. The number of carbonyl (C=O) groups is 1. The average Bonchev–Trinajstić information content (AvgIpc) is 3.07. The molecule has 1 heterocycles. The van der Waals surface area contributed by atoms with Crippen molar-refractivity contribution in [3.63, 3.8) is 0 Å². The molecule has 1 aromatic carbocycles. The summed E-state index contributed by atoms with van der Waals surface area (Å²) >= 11 is 0. The minimum Gasteiger partial charge on any atom is -0.497 e. The van der Waals surface area contributed by atoms with Crippen LogP contribution in [-0.4, -0.2) is 49.3 Å². The fourth-order valence-electron chi connectivity index (χ4n) is 2.43. The highest BCUT2D eigenvalue weighted by molar-refractivity contribution is 5.78. The molecule has 2 rings (SSSR count). The Bertz CT molecular complexity index is 650. The van der Waals surface area contributed by atoms with Crippen LogP contribution in [0.4, 0.5) is 0 Å². The number of rotatable bonds is 9. The van der Waals surface area contributed by atoms with Gasteiger partial charge in [0.05, 0.1) is 19.2 Å². The van der Waals surface area contributed by atoms with E-state index in [0.29, 0.717) is 18.0 Å². The molecule has 0 bridgehead atoms. The molecular weight excluding hydrogens is 306 g/mol. The van der Waals surface area contributed by atoms with Gasteiger partial charge in [-0.25, -0.2) is 0 Å². The van der Waals surface area contributed by atoms with E-state index in [1.54, 1.807) is 13.2 Å². The van der Waals surface area contributed by atoms with E-state index in [0.717, 1.165) is 30.9 Å². The lowest BCUT2D eigenvalue weighted by Crippen LogP contribution is -2.35. The highest BCUT2D eigenvalue weighted by Crippen LogP contribution is 2.24. The number of hydrogen-bond donors (Lipinski definition) is 1. The zero-order chi connectivity index (χ0) is 17.4. The first-order chi connectivity index (χ1) is 11.7. The first-order valence-corrected chi connectivity index (χ1v) is 8.25. The molecule has 24 heavy (non-hydrogen) atoms. The Morgan fingerprint density at radius 2 is 2.08 bits per heavy atom. The molecule has 0 radical (unpaired) electrons. The molecule has 0 saturated carbocycles. The van der Waals surface area contributed by atoms with Gasteiger partial charge < -0.3 is 19.5 Å². The maximum absolute atomic E-state index is 12.0. The van der Waals surface area contributed by atoms with E-state index in [9.17, 15) is 4.79 Å². The van der Waals surface area contributed by atoms with E-state index in [-0.39, 0.29) is 12.3 Å². The molecule has 2 aromatic rings. The van der Waals surface area contributed by atoms with Gasteiger partial charge in [0.1, 0.15) is 5.75 Å². The molecule has 0 atom stereocenters. The summed E-state index contributed by atoms with van der Waals surface area (Å²) in [6.45, 7) is 7.69. The molecule has 6 heteroatoms. The molecule has 0 unspecified atom stereocenters. The normalized spacial score (nSPS) is 10.8. The second-order valence-corrected chi connectivity index (χ2v) is 5.47. The Hall–Kier alpha value is -2.34. The number of ether oxygens (including phenoxy) is 1. The summed E-state index contributed by atoms with van der Waals surface area (Å²) in [4.78, 5) is 14.2. The number of benzene rings is 1. The van der Waals surface area contributed by atoms with Crippen LogP contribution < -0.4 is 10.1 Å². The number of nitrogens with zero attached hydrogens (tertiary/aromatic N) is 2. The monoisotopic (exact) mass is 331 g/mol. The quantitative estimate of drug-likeness (QED) is 0.764. The number of likely N-dealkylation sites (N-methyl/N-ethyl adjacent to an activating group) is 1. The third-order valence-electron chi connectivity index (χ3n) is 3.90. The lowest BCUT2D eigenvalue weighted by Gasteiger charge is -2.17. The van der Waals surface area contributed by atoms with Gasteiger partial charge in [0, 0.05) is 24.7 Å². The smallest absolute Gasteiger partial charge is 0.226 e. The highest BCUT2D eigenvalue weighted by atomic mass is 16.5. The predicted molar refractivity (Wildman–Crippen MR) is 93.0 cm³/mol. The molecule has 0 aliphatic heterocycles. The van der Waals surface area contributed by atoms with Gasteiger partial charge in [-0.15, -0.1) is 0 Å². The van der Waals surface area contributed by atoms with Gasteiger partial charge in [-0.05, 0) is 25.2 Å². The molecule has 0 spiro atoms. The van der Waals surface area contributed by atoms with Crippen LogP contribution in [0.2, 0.25) is 0 Å². The van der Waals surface area contributed by atoms with Crippen molar-refractivity contribution in [2.45, 2.75) is 20.3 Å². The molecule has 0 aliphatic carbocycles. The Balaban J connectivity index is 1.87. The molecular formula is C18H25N3O3. The summed E-state index contributed by atoms with van der Waals surface area (Å²) < 4.78 is 10.5. The topological polar surface area (TPSA) is 67.6 Å². The van der Waals surface area contributed by atoms with Crippen molar-refractivity contribution in [3.05, 3.63) is 36.0 Å². The van der Waals surface area contributed by atoms with E-state index >= 15 is 0 Å². The maximum atomic E-state index is 12.0. The van der Waals surface area contributed by atoms with Gasteiger partial charge in [-0.1, -0.05) is 31.1 Å². The van der Waals surface area contributed by atoms with Crippen LogP contribution >= 0.6 is 0 Å². The lowest BCUT2D eigenvalue weighted by molar-refractivity contribution is -0.120. The summed E-state index contributed by atoms with van der Waals surface area (Å²) in [6, 6.07) is 9.32. The number of hydrogen-bond acceptors (Lipinski definition) is 5. The Labute approximate surface area is 142 Å². The van der Waals surface area contributed by atoms with Crippen molar-refractivity contribution in [1.29, 1.82) is 0 Å². The van der Waals surface area contributed by atoms with Gasteiger partial charge in [0.25, 0.3) is 0 Å². The first-order valence-electron chi connectivity index (χ1n) is 8.25. The third-order valence-corrected chi connectivity index (χ3v) is 3.90. The summed E-state index contributed by atoms with van der Waals surface area (Å²) in [5.41, 5.74) is 1.49. The maximum Gasteiger partial charge on any atom is 0.226 e. The van der Waals surface area contributed by atoms with Crippen LogP contribution in [0.15, 0.2) is 34.9 Å². The molecule has 0 saturated heterocycles. The Kier molecular flexibility index (Phi) is 6.81. The second kappa shape index (κ2) is 9.08. The van der Waals surface area contributed by atoms with Gasteiger partial charge in [0.2, 0.25) is 5.91 Å². The van der Waals surface area contributed by atoms with E-state index in [1.807, 2.05) is 24.3 Å². The van der Waals surface area contributed by atoms with Crippen LogP contribution in [0.25, 0.3) is 11.3 Å². The minimum atomic E-state index is -0.0485. The number of aromatic nitrogens is 1. The second-order valence-electron chi connectivity index (χ2n) is 5.47. The van der Waals surface area contributed by atoms with Crippen LogP contribution in [0.5, 0.6) is 5.75 Å². The number of amides is 1. The number of carbonyl (C=O) groups excluding carboxylic acids is 1. The first kappa shape index (κ1) is 18.0. The van der Waals surface area contributed by atoms with Gasteiger partial charge in [-0.2, -0.15) is 0 Å².